The van der Waals surface area contributed by atoms with Crippen LogP contribution in [0.15, 0.2) is 60.7 Å². The quantitative estimate of drug-likeness (QED) is 0.856. The monoisotopic (exact) mass is 308 g/mol. The molecule has 0 N–H and O–H groups in total. The molecule has 4 heteroatoms. The van der Waals surface area contributed by atoms with Crippen LogP contribution in [0.5, 0.6) is 0 Å². The van der Waals surface area contributed by atoms with Gasteiger partial charge < -0.3 is 9.80 Å². The fraction of sp³-hybridized carbons (Fsp3) is 0.263. The molecular weight excluding hydrogens is 288 g/mol. The van der Waals surface area contributed by atoms with Crippen molar-refractivity contribution in [2.24, 2.45) is 0 Å². The summed E-state index contributed by atoms with van der Waals surface area (Å²) < 4.78 is 0. The molecule has 0 aromatic heterocycles. The van der Waals surface area contributed by atoms with Crippen molar-refractivity contribution in [2.45, 2.75) is 13.0 Å². The number of hydrogen-bond acceptors (Lipinski definition) is 2. The van der Waals surface area contributed by atoms with E-state index in [0.29, 0.717) is 30.8 Å². The highest BCUT2D eigenvalue weighted by Gasteiger charge is 2.30. The van der Waals surface area contributed by atoms with Crippen molar-refractivity contribution in [3.8, 4) is 0 Å². The van der Waals surface area contributed by atoms with Crippen molar-refractivity contribution in [3.63, 3.8) is 0 Å². The van der Waals surface area contributed by atoms with Gasteiger partial charge in [0, 0.05) is 36.8 Å². The van der Waals surface area contributed by atoms with Gasteiger partial charge in [-0.15, -0.1) is 0 Å². The third kappa shape index (κ3) is 3.26. The first-order valence-electron chi connectivity index (χ1n) is 7.87. The van der Waals surface area contributed by atoms with E-state index >= 15 is 0 Å². The number of carbonyl (C=O) groups is 2. The maximum atomic E-state index is 12.6. The largest absolute Gasteiger partial charge is 0.335 e. The number of nitrogens with zero attached hydrogens (tertiary/aromatic N) is 2. The Kier molecular flexibility index (Phi) is 4.42. The van der Waals surface area contributed by atoms with Gasteiger partial charge in [0.05, 0.1) is 0 Å². The second kappa shape index (κ2) is 6.65. The Morgan fingerprint density at radius 1 is 0.826 bits per heavy atom. The molecule has 1 atom stereocenters. The van der Waals surface area contributed by atoms with Gasteiger partial charge in [-0.3, -0.25) is 9.59 Å². The minimum absolute atomic E-state index is 0.00381. The van der Waals surface area contributed by atoms with Gasteiger partial charge in [0.1, 0.15) is 0 Å². The van der Waals surface area contributed by atoms with Crippen LogP contribution in [0.2, 0.25) is 0 Å². The third-order valence-corrected chi connectivity index (χ3v) is 4.22. The SMILES string of the molecule is C[C@H]1CN(C(=O)c2ccccc2)CCN1C(=O)c1ccccc1. The van der Waals surface area contributed by atoms with Crippen LogP contribution in [0.3, 0.4) is 0 Å². The number of carbonyl (C=O) groups excluding carboxylic acids is 2. The molecule has 0 aliphatic carbocycles. The van der Waals surface area contributed by atoms with Crippen LogP contribution in [0.4, 0.5) is 0 Å². The van der Waals surface area contributed by atoms with E-state index in [9.17, 15) is 9.59 Å². The maximum Gasteiger partial charge on any atom is 0.254 e. The van der Waals surface area contributed by atoms with Crippen LogP contribution in [-0.2, 0) is 0 Å². The summed E-state index contributed by atoms with van der Waals surface area (Å²) in [6.45, 7) is 3.68. The van der Waals surface area contributed by atoms with Gasteiger partial charge in [-0.05, 0) is 31.2 Å². The van der Waals surface area contributed by atoms with Gasteiger partial charge in [-0.2, -0.15) is 0 Å². The lowest BCUT2D eigenvalue weighted by atomic mass is 10.1. The Hall–Kier alpha value is -2.62. The van der Waals surface area contributed by atoms with Gasteiger partial charge in [-0.1, -0.05) is 36.4 Å². The molecule has 2 aromatic carbocycles. The van der Waals surface area contributed by atoms with E-state index in [1.165, 1.54) is 0 Å². The summed E-state index contributed by atoms with van der Waals surface area (Å²) in [7, 11) is 0. The zero-order valence-corrected chi connectivity index (χ0v) is 13.2. The molecule has 118 valence electrons. The second-order valence-electron chi connectivity index (χ2n) is 5.83. The topological polar surface area (TPSA) is 40.6 Å². The summed E-state index contributed by atoms with van der Waals surface area (Å²) in [4.78, 5) is 28.8. The molecule has 0 saturated carbocycles. The van der Waals surface area contributed by atoms with E-state index < -0.39 is 0 Å². The average Bonchev–Trinajstić information content (AvgIpc) is 2.62. The highest BCUT2D eigenvalue weighted by molar-refractivity contribution is 5.96. The Balaban J connectivity index is 1.68. The summed E-state index contributed by atoms with van der Waals surface area (Å²) in [5.74, 6) is 0.0640. The number of benzene rings is 2. The smallest absolute Gasteiger partial charge is 0.254 e. The van der Waals surface area contributed by atoms with E-state index in [0.717, 1.165) is 0 Å². The molecule has 1 saturated heterocycles. The standard InChI is InChI=1S/C19H20N2O2/c1-15-14-20(18(22)16-8-4-2-5-9-16)12-13-21(15)19(23)17-10-6-3-7-11-17/h2-11,15H,12-14H2,1H3/t15-/m0/s1. The highest BCUT2D eigenvalue weighted by Crippen LogP contribution is 2.16. The number of hydrogen-bond donors (Lipinski definition) is 0. The minimum Gasteiger partial charge on any atom is -0.335 e. The molecule has 1 aliphatic heterocycles. The number of piperazine rings is 1. The fourth-order valence-electron chi connectivity index (χ4n) is 2.95. The molecule has 0 radical (unpaired) electrons. The van der Waals surface area contributed by atoms with Crippen molar-refractivity contribution in [2.75, 3.05) is 19.6 Å². The second-order valence-corrected chi connectivity index (χ2v) is 5.83. The molecule has 4 nitrogen and oxygen atoms in total. The predicted molar refractivity (Wildman–Crippen MR) is 89.3 cm³/mol. The molecule has 0 spiro atoms. The van der Waals surface area contributed by atoms with Crippen LogP contribution in [0.25, 0.3) is 0 Å². The van der Waals surface area contributed by atoms with Gasteiger partial charge in [0.2, 0.25) is 0 Å². The molecule has 1 heterocycles. The Morgan fingerprint density at radius 2 is 1.35 bits per heavy atom. The van der Waals surface area contributed by atoms with Crippen molar-refractivity contribution >= 4 is 11.8 Å². The summed E-state index contributed by atoms with van der Waals surface area (Å²) in [6.07, 6.45) is 0. The molecule has 0 unspecified atom stereocenters. The molecule has 2 amide bonds. The zero-order chi connectivity index (χ0) is 16.2. The lowest BCUT2D eigenvalue weighted by Gasteiger charge is -2.40. The summed E-state index contributed by atoms with van der Waals surface area (Å²) in [5, 5.41) is 0. The predicted octanol–water partition coefficient (Wildman–Crippen LogP) is 2.67. The first-order valence-corrected chi connectivity index (χ1v) is 7.87. The Bertz CT molecular complexity index is 685. The van der Waals surface area contributed by atoms with Crippen molar-refractivity contribution in [1.82, 2.24) is 9.80 Å². The molecular formula is C19H20N2O2. The van der Waals surface area contributed by atoms with E-state index in [-0.39, 0.29) is 17.9 Å². The summed E-state index contributed by atoms with van der Waals surface area (Å²) in [5.41, 5.74) is 1.39. The van der Waals surface area contributed by atoms with Gasteiger partial charge in [-0.25, -0.2) is 0 Å². The minimum atomic E-state index is 0.00381. The lowest BCUT2D eigenvalue weighted by molar-refractivity contribution is 0.0414. The normalized spacial score (nSPS) is 17.9. The zero-order valence-electron chi connectivity index (χ0n) is 13.2. The van der Waals surface area contributed by atoms with Gasteiger partial charge >= 0.3 is 0 Å². The average molecular weight is 308 g/mol. The van der Waals surface area contributed by atoms with Crippen LogP contribution in [-0.4, -0.2) is 47.3 Å². The Morgan fingerprint density at radius 3 is 1.87 bits per heavy atom. The van der Waals surface area contributed by atoms with E-state index in [4.69, 9.17) is 0 Å². The molecule has 2 aromatic rings. The first-order chi connectivity index (χ1) is 11.2. The van der Waals surface area contributed by atoms with Crippen LogP contribution in [0.1, 0.15) is 27.6 Å². The van der Waals surface area contributed by atoms with Crippen molar-refractivity contribution in [3.05, 3.63) is 71.8 Å². The fourth-order valence-corrected chi connectivity index (χ4v) is 2.95. The van der Waals surface area contributed by atoms with Gasteiger partial charge in [0.15, 0.2) is 0 Å². The maximum absolute atomic E-state index is 12.6. The lowest BCUT2D eigenvalue weighted by Crippen LogP contribution is -2.55. The van der Waals surface area contributed by atoms with Crippen LogP contribution in [0, 0.1) is 0 Å². The van der Waals surface area contributed by atoms with Crippen molar-refractivity contribution < 1.29 is 9.59 Å². The van der Waals surface area contributed by atoms with Crippen LogP contribution >= 0.6 is 0 Å². The van der Waals surface area contributed by atoms with Crippen LogP contribution < -0.4 is 0 Å². The van der Waals surface area contributed by atoms with E-state index in [1.54, 1.807) is 0 Å². The first kappa shape index (κ1) is 15.3. The molecule has 3 rings (SSSR count). The Labute approximate surface area is 136 Å². The number of amides is 2. The summed E-state index contributed by atoms with van der Waals surface area (Å²) >= 11 is 0. The highest BCUT2D eigenvalue weighted by atomic mass is 16.2. The summed E-state index contributed by atoms with van der Waals surface area (Å²) in [6, 6.07) is 18.6. The van der Waals surface area contributed by atoms with E-state index in [2.05, 4.69) is 0 Å². The molecule has 1 aliphatic rings. The van der Waals surface area contributed by atoms with Crippen molar-refractivity contribution in [1.29, 1.82) is 0 Å². The molecule has 23 heavy (non-hydrogen) atoms. The van der Waals surface area contributed by atoms with E-state index in [1.807, 2.05) is 77.4 Å². The molecule has 0 bridgehead atoms. The third-order valence-electron chi connectivity index (χ3n) is 4.22. The van der Waals surface area contributed by atoms with Gasteiger partial charge in [0.25, 0.3) is 11.8 Å². The molecule has 1 fully saturated rings. The number of rotatable bonds is 2.